The van der Waals surface area contributed by atoms with Crippen LogP contribution in [0.2, 0.25) is 0 Å². The lowest BCUT2D eigenvalue weighted by atomic mass is 10.3. The molecular formula is C24H16S3. The molecule has 1 spiro atoms. The van der Waals surface area contributed by atoms with E-state index in [2.05, 4.69) is 97.1 Å². The van der Waals surface area contributed by atoms with Gasteiger partial charge in [0.25, 0.3) is 0 Å². The lowest BCUT2D eigenvalue weighted by Gasteiger charge is -2.49. The molecule has 0 fully saturated rings. The Morgan fingerprint density at radius 2 is 0.630 bits per heavy atom. The van der Waals surface area contributed by atoms with E-state index in [0.29, 0.717) is 0 Å². The van der Waals surface area contributed by atoms with Crippen molar-refractivity contribution >= 4 is 33.6 Å². The molecule has 0 unspecified atom stereocenters. The number of rotatable bonds is 0. The van der Waals surface area contributed by atoms with Crippen LogP contribution in [0.1, 0.15) is 0 Å². The van der Waals surface area contributed by atoms with E-state index in [4.69, 9.17) is 0 Å². The lowest BCUT2D eigenvalue weighted by molar-refractivity contribution is 1.03. The van der Waals surface area contributed by atoms with Crippen LogP contribution in [0.3, 0.4) is 0 Å². The molecule has 0 amide bonds. The molecule has 0 aromatic heterocycles. The van der Waals surface area contributed by atoms with Crippen molar-refractivity contribution in [1.29, 1.82) is 0 Å². The van der Waals surface area contributed by atoms with Gasteiger partial charge in [0.15, 0.2) is 0 Å². The fourth-order valence-electron chi connectivity index (χ4n) is 4.10. The van der Waals surface area contributed by atoms with Crippen molar-refractivity contribution < 1.29 is 0 Å². The van der Waals surface area contributed by atoms with E-state index in [0.717, 1.165) is 0 Å². The summed E-state index contributed by atoms with van der Waals surface area (Å²) in [4.78, 5) is 11.5. The largest absolute Gasteiger partial charge is 0.128 e. The van der Waals surface area contributed by atoms with Gasteiger partial charge >= 0.3 is 0 Å². The fraction of sp³-hybridized carbons (Fsp3) is 0. The quantitative estimate of drug-likeness (QED) is 0.254. The Labute approximate surface area is 169 Å². The Kier molecular flexibility index (Phi) is 3.52. The molecule has 2 heterocycles. The van der Waals surface area contributed by atoms with Crippen molar-refractivity contribution in [2.45, 2.75) is 39.2 Å². The summed E-state index contributed by atoms with van der Waals surface area (Å²) in [5, 5.41) is 0. The molecule has 0 bridgehead atoms. The van der Waals surface area contributed by atoms with Gasteiger partial charge in [0.1, 0.15) is 0 Å². The minimum Gasteiger partial charge on any atom is -0.128 e. The number of hydrogen-bond donors (Lipinski definition) is 0. The molecule has 0 nitrogen and oxygen atoms in total. The van der Waals surface area contributed by atoms with Crippen LogP contribution in [0.25, 0.3) is 0 Å². The highest BCUT2D eigenvalue weighted by Crippen LogP contribution is 2.82. The van der Waals surface area contributed by atoms with Crippen LogP contribution in [-0.2, 0) is 0 Å². The third-order valence-electron chi connectivity index (χ3n) is 5.16. The molecule has 3 heteroatoms. The third kappa shape index (κ3) is 2.11. The van der Waals surface area contributed by atoms with Crippen LogP contribution in [0.15, 0.2) is 136 Å². The molecule has 0 saturated carbocycles. The maximum absolute atomic E-state index is 2.36. The first-order valence-corrected chi connectivity index (χ1v) is 12.2. The molecule has 2 aliphatic heterocycles. The van der Waals surface area contributed by atoms with E-state index in [1.165, 1.54) is 39.2 Å². The highest BCUT2D eigenvalue weighted by atomic mass is 32.3. The molecule has 0 N–H and O–H groups in total. The molecule has 0 aliphatic carbocycles. The van der Waals surface area contributed by atoms with Crippen LogP contribution in [0.5, 0.6) is 0 Å². The normalized spacial score (nSPS) is 16.6. The molecule has 0 saturated heterocycles. The maximum Gasteiger partial charge on any atom is 0.0253 e. The highest BCUT2D eigenvalue weighted by Gasteiger charge is 2.44. The molecule has 4 aromatic rings. The van der Waals surface area contributed by atoms with Crippen LogP contribution in [0.4, 0.5) is 0 Å². The van der Waals surface area contributed by atoms with Gasteiger partial charge in [-0.1, -0.05) is 72.1 Å². The van der Waals surface area contributed by atoms with Gasteiger partial charge in [0.05, 0.1) is 0 Å². The smallest absolute Gasteiger partial charge is 0.0253 e. The Morgan fingerprint density at radius 1 is 0.370 bits per heavy atom. The summed E-state index contributed by atoms with van der Waals surface area (Å²) in [7, 11) is -1.48. The second kappa shape index (κ2) is 5.96. The van der Waals surface area contributed by atoms with Gasteiger partial charge in [-0.15, -0.1) is 10.0 Å². The molecule has 2 aliphatic rings. The molecular weight excluding hydrogens is 384 g/mol. The zero-order valence-electron chi connectivity index (χ0n) is 14.5. The minimum atomic E-state index is -1.48. The summed E-state index contributed by atoms with van der Waals surface area (Å²) < 4.78 is 0. The van der Waals surface area contributed by atoms with Crippen molar-refractivity contribution in [2.24, 2.45) is 0 Å². The van der Waals surface area contributed by atoms with Gasteiger partial charge in [-0.05, 0) is 48.5 Å². The van der Waals surface area contributed by atoms with E-state index in [-0.39, 0.29) is 0 Å². The maximum atomic E-state index is 2.36. The van der Waals surface area contributed by atoms with Crippen LogP contribution < -0.4 is 0 Å². The molecule has 130 valence electrons. The SMILES string of the molecule is c1ccc2c(c1)Sc1ccccc1S21c2ccccc2Sc2ccccc21. The Bertz CT molecular complexity index is 1010. The fourth-order valence-corrected chi connectivity index (χ4v) is 11.9. The van der Waals surface area contributed by atoms with Gasteiger partial charge in [-0.2, -0.15) is 0 Å². The monoisotopic (exact) mass is 400 g/mol. The van der Waals surface area contributed by atoms with Crippen molar-refractivity contribution in [3.8, 4) is 0 Å². The second-order valence-corrected chi connectivity index (χ2v) is 11.8. The summed E-state index contributed by atoms with van der Waals surface area (Å²) in [6.07, 6.45) is 0. The van der Waals surface area contributed by atoms with Gasteiger partial charge in [0.2, 0.25) is 0 Å². The van der Waals surface area contributed by atoms with Crippen LogP contribution in [-0.4, -0.2) is 0 Å². The third-order valence-corrected chi connectivity index (χ3v) is 12.0. The predicted molar refractivity (Wildman–Crippen MR) is 115 cm³/mol. The first kappa shape index (κ1) is 15.9. The standard InChI is InChI=1S/C24H16S3/c1-5-13-21-17(9-1)25-18-10-2-6-14-22(18)27(21)23-15-7-3-11-19(23)26-20-12-4-8-16-24(20)27/h1-16H. The van der Waals surface area contributed by atoms with Crippen molar-refractivity contribution in [2.75, 3.05) is 0 Å². The average Bonchev–Trinajstić information content (AvgIpc) is 2.73. The van der Waals surface area contributed by atoms with Crippen LogP contribution >= 0.6 is 33.6 Å². The van der Waals surface area contributed by atoms with Crippen molar-refractivity contribution in [1.82, 2.24) is 0 Å². The Balaban J connectivity index is 1.85. The Hall–Kier alpha value is -2.07. The average molecular weight is 401 g/mol. The number of benzene rings is 4. The number of hydrogen-bond acceptors (Lipinski definition) is 2. The molecule has 0 atom stereocenters. The first-order valence-electron chi connectivity index (χ1n) is 8.94. The highest BCUT2D eigenvalue weighted by molar-refractivity contribution is 8.35. The summed E-state index contributed by atoms with van der Waals surface area (Å²) in [6, 6.07) is 36.1. The van der Waals surface area contributed by atoms with Gasteiger partial charge in [0, 0.05) is 39.2 Å². The first-order chi connectivity index (χ1) is 13.4. The molecule has 27 heavy (non-hydrogen) atoms. The summed E-state index contributed by atoms with van der Waals surface area (Å²) >= 11 is 3.83. The minimum absolute atomic E-state index is 1.39. The van der Waals surface area contributed by atoms with Crippen LogP contribution in [0, 0.1) is 0 Å². The van der Waals surface area contributed by atoms with E-state index < -0.39 is 10.0 Å². The molecule has 6 rings (SSSR count). The predicted octanol–water partition coefficient (Wildman–Crippen LogP) is 7.96. The van der Waals surface area contributed by atoms with Crippen molar-refractivity contribution in [3.63, 3.8) is 0 Å². The van der Waals surface area contributed by atoms with E-state index in [1.807, 2.05) is 23.5 Å². The lowest BCUT2D eigenvalue weighted by Crippen LogP contribution is -2.14. The van der Waals surface area contributed by atoms with E-state index in [1.54, 1.807) is 0 Å². The number of fused-ring (bicyclic) bond motifs is 8. The molecule has 0 radical (unpaired) electrons. The Morgan fingerprint density at radius 3 is 0.926 bits per heavy atom. The van der Waals surface area contributed by atoms with Gasteiger partial charge in [-0.25, -0.2) is 0 Å². The summed E-state index contributed by atoms with van der Waals surface area (Å²) in [6.45, 7) is 0. The zero-order valence-corrected chi connectivity index (χ0v) is 16.9. The van der Waals surface area contributed by atoms with Crippen molar-refractivity contribution in [3.05, 3.63) is 97.1 Å². The zero-order chi connectivity index (χ0) is 17.8. The topological polar surface area (TPSA) is 0 Å². The van der Waals surface area contributed by atoms with Gasteiger partial charge in [-0.3, -0.25) is 0 Å². The van der Waals surface area contributed by atoms with E-state index >= 15 is 0 Å². The summed E-state index contributed by atoms with van der Waals surface area (Å²) in [5.41, 5.74) is 0. The molecule has 4 aromatic carbocycles. The van der Waals surface area contributed by atoms with E-state index in [9.17, 15) is 0 Å². The summed E-state index contributed by atoms with van der Waals surface area (Å²) in [5.74, 6) is 0. The second-order valence-electron chi connectivity index (χ2n) is 6.60. The van der Waals surface area contributed by atoms with Gasteiger partial charge < -0.3 is 0 Å².